The van der Waals surface area contributed by atoms with Gasteiger partial charge < -0.3 is 0 Å². The van der Waals surface area contributed by atoms with E-state index in [1.54, 1.807) is 18.2 Å². The minimum atomic E-state index is 0.171. The summed E-state index contributed by atoms with van der Waals surface area (Å²) in [5.74, 6) is 0. The molecule has 0 aliphatic carbocycles. The topological polar surface area (TPSA) is 52.9 Å². The number of hydrogen-bond donors (Lipinski definition) is 1. The fraction of sp³-hybridized carbons (Fsp3) is 0. The van der Waals surface area contributed by atoms with E-state index in [4.69, 9.17) is 16.8 Å². The van der Waals surface area contributed by atoms with Gasteiger partial charge in [0, 0.05) is 0 Å². The van der Waals surface area contributed by atoms with E-state index < -0.39 is 0 Å². The van der Waals surface area contributed by atoms with E-state index in [9.17, 15) is 4.91 Å². The van der Waals surface area contributed by atoms with Gasteiger partial charge in [0.2, 0.25) is 0 Å². The van der Waals surface area contributed by atoms with Crippen LogP contribution in [0.5, 0.6) is 0 Å². The molecule has 0 saturated carbocycles. The zero-order valence-corrected chi connectivity index (χ0v) is 6.19. The van der Waals surface area contributed by atoms with Gasteiger partial charge in [-0.2, -0.15) is 0 Å². The molecule has 4 nitrogen and oxygen atoms in total. The van der Waals surface area contributed by atoms with Gasteiger partial charge in [-0.25, -0.2) is 0 Å². The summed E-state index contributed by atoms with van der Waals surface area (Å²) in [5.41, 5.74) is 0.171. The summed E-state index contributed by atoms with van der Waals surface area (Å²) in [7, 11) is 0. The van der Waals surface area contributed by atoms with Crippen LogP contribution in [0.4, 0.5) is 5.69 Å². The van der Waals surface area contributed by atoms with Gasteiger partial charge >= 0.3 is 0 Å². The SMILES string of the molecule is O=NN(O)c1ccccc1Cl. The first-order chi connectivity index (χ1) is 5.25. The lowest BCUT2D eigenvalue weighted by Gasteiger charge is -2.06. The van der Waals surface area contributed by atoms with E-state index in [-0.39, 0.29) is 15.9 Å². The predicted molar refractivity (Wildman–Crippen MR) is 41.5 cm³/mol. The Balaban J connectivity index is 3.02. The summed E-state index contributed by atoms with van der Waals surface area (Å²) in [6.07, 6.45) is 0. The van der Waals surface area contributed by atoms with Crippen LogP contribution in [-0.4, -0.2) is 5.21 Å². The van der Waals surface area contributed by atoms with Crippen LogP contribution in [0.2, 0.25) is 5.02 Å². The molecule has 1 aromatic rings. The van der Waals surface area contributed by atoms with E-state index in [1.807, 2.05) is 0 Å². The second kappa shape index (κ2) is 3.32. The first kappa shape index (κ1) is 7.97. The van der Waals surface area contributed by atoms with E-state index in [0.717, 1.165) is 0 Å². The van der Waals surface area contributed by atoms with Crippen molar-refractivity contribution in [3.05, 3.63) is 34.2 Å². The number of para-hydroxylation sites is 1. The molecule has 1 aromatic carbocycles. The lowest BCUT2D eigenvalue weighted by Crippen LogP contribution is -2.07. The van der Waals surface area contributed by atoms with Gasteiger partial charge in [-0.3, -0.25) is 5.21 Å². The summed E-state index contributed by atoms with van der Waals surface area (Å²) in [6.45, 7) is 0. The van der Waals surface area contributed by atoms with Crippen molar-refractivity contribution < 1.29 is 5.21 Å². The molecule has 0 radical (unpaired) electrons. The second-order valence-corrected chi connectivity index (χ2v) is 2.23. The van der Waals surface area contributed by atoms with Crippen molar-refractivity contribution in [3.8, 4) is 0 Å². The number of rotatable bonds is 2. The highest BCUT2D eigenvalue weighted by atomic mass is 35.5. The van der Waals surface area contributed by atoms with Crippen LogP contribution in [0, 0.1) is 4.91 Å². The Morgan fingerprint density at radius 1 is 1.45 bits per heavy atom. The summed E-state index contributed by atoms with van der Waals surface area (Å²) in [6, 6.07) is 6.34. The molecule has 0 aliphatic rings. The smallest absolute Gasteiger partial charge is 0.112 e. The minimum absolute atomic E-state index is 0.171. The third-order valence-corrected chi connectivity index (χ3v) is 1.46. The van der Waals surface area contributed by atoms with Crippen LogP contribution in [0.15, 0.2) is 29.6 Å². The molecule has 0 fully saturated rings. The highest BCUT2D eigenvalue weighted by molar-refractivity contribution is 6.33. The third kappa shape index (κ3) is 1.66. The molecule has 0 unspecified atom stereocenters. The van der Waals surface area contributed by atoms with Crippen molar-refractivity contribution >= 4 is 17.3 Å². The van der Waals surface area contributed by atoms with Crippen molar-refractivity contribution in [2.45, 2.75) is 0 Å². The number of hydrogen-bond acceptors (Lipinski definition) is 3. The van der Waals surface area contributed by atoms with Gasteiger partial charge in [0.05, 0.1) is 10.3 Å². The Hall–Kier alpha value is -1.13. The van der Waals surface area contributed by atoms with Crippen molar-refractivity contribution in [2.75, 3.05) is 5.17 Å². The van der Waals surface area contributed by atoms with Crippen molar-refractivity contribution in [3.63, 3.8) is 0 Å². The molecule has 0 spiro atoms. The van der Waals surface area contributed by atoms with Crippen molar-refractivity contribution in [1.29, 1.82) is 0 Å². The molecule has 1 N–H and O–H groups in total. The Bertz CT molecular complexity index is 267. The zero-order valence-electron chi connectivity index (χ0n) is 5.44. The standard InChI is InChI=1S/C6H5ClN2O2/c7-5-3-1-2-4-6(5)9(11)8-10/h1-4,11H. The monoisotopic (exact) mass is 172 g/mol. The molecule has 1 rings (SSSR count). The van der Waals surface area contributed by atoms with E-state index in [0.29, 0.717) is 0 Å². The zero-order chi connectivity index (χ0) is 8.27. The molecule has 58 valence electrons. The van der Waals surface area contributed by atoms with Crippen LogP contribution in [-0.2, 0) is 0 Å². The fourth-order valence-corrected chi connectivity index (χ4v) is 0.869. The number of anilines is 1. The molecule has 0 bridgehead atoms. The van der Waals surface area contributed by atoms with Crippen LogP contribution in [0.25, 0.3) is 0 Å². The molecular formula is C6H5ClN2O2. The molecule has 0 aromatic heterocycles. The third-order valence-electron chi connectivity index (χ3n) is 1.15. The first-order valence-corrected chi connectivity index (χ1v) is 3.20. The average molecular weight is 173 g/mol. The second-order valence-electron chi connectivity index (χ2n) is 1.82. The van der Waals surface area contributed by atoms with E-state index in [1.165, 1.54) is 6.07 Å². The van der Waals surface area contributed by atoms with Crippen LogP contribution in [0.3, 0.4) is 0 Å². The van der Waals surface area contributed by atoms with Crippen molar-refractivity contribution in [1.82, 2.24) is 0 Å². The maximum Gasteiger partial charge on any atom is 0.112 e. The molecular weight excluding hydrogens is 168 g/mol. The maximum absolute atomic E-state index is 9.82. The Morgan fingerprint density at radius 2 is 2.09 bits per heavy atom. The molecule has 0 amide bonds. The quantitative estimate of drug-likeness (QED) is 0.550. The first-order valence-electron chi connectivity index (χ1n) is 2.82. The molecule has 0 saturated heterocycles. The van der Waals surface area contributed by atoms with Crippen LogP contribution < -0.4 is 5.17 Å². The lowest BCUT2D eigenvalue weighted by atomic mass is 10.3. The van der Waals surface area contributed by atoms with E-state index >= 15 is 0 Å². The van der Waals surface area contributed by atoms with Crippen LogP contribution in [0.1, 0.15) is 0 Å². The van der Waals surface area contributed by atoms with E-state index in [2.05, 4.69) is 5.29 Å². The fourth-order valence-electron chi connectivity index (χ4n) is 0.658. The molecule has 0 aliphatic heterocycles. The average Bonchev–Trinajstić information content (AvgIpc) is 2.04. The predicted octanol–water partition coefficient (Wildman–Crippen LogP) is 2.22. The molecule has 11 heavy (non-hydrogen) atoms. The van der Waals surface area contributed by atoms with Gasteiger partial charge in [-0.1, -0.05) is 23.7 Å². The minimum Gasteiger partial charge on any atom is -0.265 e. The van der Waals surface area contributed by atoms with Gasteiger partial charge in [-0.05, 0) is 12.1 Å². The summed E-state index contributed by atoms with van der Waals surface area (Å²) in [4.78, 5) is 9.82. The number of benzene rings is 1. The van der Waals surface area contributed by atoms with Crippen molar-refractivity contribution in [2.24, 2.45) is 5.29 Å². The van der Waals surface area contributed by atoms with Gasteiger partial charge in [0.1, 0.15) is 5.69 Å². The number of nitroso groups, excluding NO2 is 1. The number of halogens is 1. The summed E-state index contributed by atoms with van der Waals surface area (Å²) < 4.78 is 0. The normalized spacial score (nSPS) is 9.27. The summed E-state index contributed by atoms with van der Waals surface area (Å²) in [5, 5.41) is 11.5. The Labute approximate surface area is 67.9 Å². The lowest BCUT2D eigenvalue weighted by molar-refractivity contribution is 0.258. The highest BCUT2D eigenvalue weighted by Gasteiger charge is 2.05. The van der Waals surface area contributed by atoms with Gasteiger partial charge in [-0.15, -0.1) is 10.1 Å². The molecule has 0 atom stereocenters. The van der Waals surface area contributed by atoms with Gasteiger partial charge in [0.15, 0.2) is 0 Å². The maximum atomic E-state index is 9.82. The largest absolute Gasteiger partial charge is 0.265 e. The summed E-state index contributed by atoms with van der Waals surface area (Å²) >= 11 is 5.60. The Morgan fingerprint density at radius 3 is 2.64 bits per heavy atom. The highest BCUT2D eigenvalue weighted by Crippen LogP contribution is 2.23. The van der Waals surface area contributed by atoms with Crippen LogP contribution >= 0.6 is 11.6 Å². The Kier molecular flexibility index (Phi) is 2.40. The molecule has 0 heterocycles. The molecule has 5 heteroatoms. The van der Waals surface area contributed by atoms with Gasteiger partial charge in [0.25, 0.3) is 0 Å². The number of nitrogens with zero attached hydrogens (tertiary/aromatic N) is 2.